The van der Waals surface area contributed by atoms with Gasteiger partial charge in [0.1, 0.15) is 18.0 Å². The van der Waals surface area contributed by atoms with Crippen LogP contribution in [0.1, 0.15) is 22.0 Å². The lowest BCUT2D eigenvalue weighted by atomic mass is 10.1. The number of para-hydroxylation sites is 1. The van der Waals surface area contributed by atoms with E-state index in [-0.39, 0.29) is 17.4 Å². The van der Waals surface area contributed by atoms with E-state index in [0.29, 0.717) is 23.3 Å². The van der Waals surface area contributed by atoms with Crippen molar-refractivity contribution in [1.82, 2.24) is 14.9 Å². The quantitative estimate of drug-likeness (QED) is 0.708. The van der Waals surface area contributed by atoms with E-state index in [0.717, 1.165) is 5.56 Å². The van der Waals surface area contributed by atoms with Gasteiger partial charge in [0, 0.05) is 11.9 Å². The number of nitrogens with zero attached hydrogens (tertiary/aromatic N) is 3. The summed E-state index contributed by atoms with van der Waals surface area (Å²) in [6.07, 6.45) is 1.34. The van der Waals surface area contributed by atoms with E-state index in [1.165, 1.54) is 24.5 Å². The summed E-state index contributed by atoms with van der Waals surface area (Å²) in [5.74, 6) is -0.797. The fourth-order valence-electron chi connectivity index (χ4n) is 2.83. The lowest BCUT2D eigenvalue weighted by Crippen LogP contribution is -2.26. The first-order chi connectivity index (χ1) is 12.5. The Hall–Kier alpha value is -3.06. The molecular weight excluding hydrogens is 335 g/mol. The summed E-state index contributed by atoms with van der Waals surface area (Å²) in [7, 11) is 3.89. The molecular formula is C19H19FN4O2. The molecule has 2 N–H and O–H groups in total. The minimum Gasteiger partial charge on any atom is -0.478 e. The molecule has 1 atom stereocenters. The van der Waals surface area contributed by atoms with Crippen LogP contribution in [-0.4, -0.2) is 46.6 Å². The molecule has 26 heavy (non-hydrogen) atoms. The van der Waals surface area contributed by atoms with E-state index in [1.807, 2.05) is 19.0 Å². The van der Waals surface area contributed by atoms with Crippen molar-refractivity contribution in [2.75, 3.05) is 26.0 Å². The minimum absolute atomic E-state index is 0.124. The van der Waals surface area contributed by atoms with Crippen LogP contribution < -0.4 is 5.32 Å². The maximum atomic E-state index is 13.3. The highest BCUT2D eigenvalue weighted by Crippen LogP contribution is 2.26. The molecule has 0 fully saturated rings. The zero-order valence-electron chi connectivity index (χ0n) is 14.5. The molecule has 6 nitrogen and oxygen atoms in total. The van der Waals surface area contributed by atoms with Gasteiger partial charge in [-0.3, -0.25) is 0 Å². The molecule has 134 valence electrons. The fourth-order valence-corrected chi connectivity index (χ4v) is 2.83. The van der Waals surface area contributed by atoms with Crippen LogP contribution in [0.15, 0.2) is 48.8 Å². The van der Waals surface area contributed by atoms with Crippen LogP contribution in [0.3, 0.4) is 0 Å². The molecule has 2 aromatic carbocycles. The molecule has 1 unspecified atom stereocenters. The number of aromatic carboxylic acids is 1. The predicted molar refractivity (Wildman–Crippen MR) is 97.8 cm³/mol. The first kappa shape index (κ1) is 17.8. The largest absolute Gasteiger partial charge is 0.478 e. The summed E-state index contributed by atoms with van der Waals surface area (Å²) >= 11 is 0. The number of nitrogens with one attached hydrogen (secondary N) is 1. The third kappa shape index (κ3) is 3.78. The van der Waals surface area contributed by atoms with Gasteiger partial charge in [0.05, 0.1) is 17.1 Å². The molecule has 0 spiro atoms. The van der Waals surface area contributed by atoms with Crippen LogP contribution in [0.4, 0.5) is 10.2 Å². The van der Waals surface area contributed by atoms with Crippen molar-refractivity contribution in [3.8, 4) is 0 Å². The van der Waals surface area contributed by atoms with Crippen LogP contribution in [0.25, 0.3) is 10.9 Å². The molecule has 1 heterocycles. The Labute approximate surface area is 150 Å². The van der Waals surface area contributed by atoms with Crippen LogP contribution in [-0.2, 0) is 0 Å². The molecule has 0 amide bonds. The molecule has 0 aliphatic rings. The second-order valence-corrected chi connectivity index (χ2v) is 6.24. The Bertz CT molecular complexity index is 928. The highest BCUT2D eigenvalue weighted by molar-refractivity contribution is 6.04. The van der Waals surface area contributed by atoms with E-state index in [4.69, 9.17) is 0 Å². The summed E-state index contributed by atoms with van der Waals surface area (Å²) in [5.41, 5.74) is 1.40. The van der Waals surface area contributed by atoms with Crippen molar-refractivity contribution in [2.24, 2.45) is 0 Å². The maximum Gasteiger partial charge on any atom is 0.337 e. The Morgan fingerprint density at radius 3 is 2.58 bits per heavy atom. The number of likely N-dealkylation sites (N-methyl/N-ethyl adjacent to an activating group) is 1. The molecule has 0 saturated carbocycles. The minimum atomic E-state index is -1.04. The Morgan fingerprint density at radius 2 is 1.92 bits per heavy atom. The van der Waals surface area contributed by atoms with E-state index in [9.17, 15) is 14.3 Å². The number of hydrogen-bond donors (Lipinski definition) is 2. The van der Waals surface area contributed by atoms with Crippen molar-refractivity contribution in [3.63, 3.8) is 0 Å². The first-order valence-corrected chi connectivity index (χ1v) is 8.09. The molecule has 3 rings (SSSR count). The lowest BCUT2D eigenvalue weighted by Gasteiger charge is -2.24. The fraction of sp³-hybridized carbons (Fsp3) is 0.211. The molecule has 0 bridgehead atoms. The average molecular weight is 354 g/mol. The zero-order chi connectivity index (χ0) is 18.7. The van der Waals surface area contributed by atoms with Crippen molar-refractivity contribution in [1.29, 1.82) is 0 Å². The topological polar surface area (TPSA) is 78.3 Å². The number of rotatable bonds is 6. The van der Waals surface area contributed by atoms with Gasteiger partial charge in [-0.25, -0.2) is 19.2 Å². The molecule has 3 aromatic rings. The summed E-state index contributed by atoms with van der Waals surface area (Å²) in [4.78, 5) is 21.8. The van der Waals surface area contributed by atoms with Gasteiger partial charge in [0.25, 0.3) is 0 Å². The van der Waals surface area contributed by atoms with E-state index in [2.05, 4.69) is 15.3 Å². The molecule has 0 aliphatic carbocycles. The van der Waals surface area contributed by atoms with Gasteiger partial charge >= 0.3 is 5.97 Å². The van der Waals surface area contributed by atoms with Crippen LogP contribution >= 0.6 is 0 Å². The summed E-state index contributed by atoms with van der Waals surface area (Å²) < 4.78 is 13.3. The third-order valence-electron chi connectivity index (χ3n) is 4.03. The van der Waals surface area contributed by atoms with Gasteiger partial charge in [0.15, 0.2) is 0 Å². The lowest BCUT2D eigenvalue weighted by molar-refractivity contribution is 0.0699. The van der Waals surface area contributed by atoms with Crippen molar-refractivity contribution >= 4 is 22.7 Å². The van der Waals surface area contributed by atoms with E-state index >= 15 is 0 Å². The van der Waals surface area contributed by atoms with Gasteiger partial charge in [-0.05, 0) is 43.9 Å². The number of carboxylic acid groups (broad SMARTS) is 1. The summed E-state index contributed by atoms with van der Waals surface area (Å²) in [5, 5.41) is 13.3. The third-order valence-corrected chi connectivity index (χ3v) is 4.03. The SMILES string of the molecule is CN(C)CC(Nc1ncnc2c(C(=O)O)cccc12)c1ccc(F)cc1. The summed E-state index contributed by atoms with van der Waals surface area (Å²) in [6.45, 7) is 0.649. The standard InChI is InChI=1S/C19H19FN4O2/c1-24(2)10-16(12-6-8-13(20)9-7-12)23-18-14-4-3-5-15(19(25)26)17(14)21-11-22-18/h3-9,11,16H,10H2,1-2H3,(H,25,26)(H,21,22,23). The molecule has 0 radical (unpaired) electrons. The second-order valence-electron chi connectivity index (χ2n) is 6.24. The van der Waals surface area contributed by atoms with E-state index < -0.39 is 5.97 Å². The molecule has 1 aromatic heterocycles. The van der Waals surface area contributed by atoms with Crippen molar-refractivity contribution in [3.05, 3.63) is 65.7 Å². The number of anilines is 1. The number of carbonyl (C=O) groups is 1. The smallest absolute Gasteiger partial charge is 0.337 e. The number of halogens is 1. The Morgan fingerprint density at radius 1 is 1.19 bits per heavy atom. The highest BCUT2D eigenvalue weighted by atomic mass is 19.1. The number of aromatic nitrogens is 2. The normalized spacial score (nSPS) is 12.3. The van der Waals surface area contributed by atoms with Crippen LogP contribution in [0.5, 0.6) is 0 Å². The summed E-state index contributed by atoms with van der Waals surface area (Å²) in [6, 6.07) is 11.1. The predicted octanol–water partition coefficient (Wildman–Crippen LogP) is 3.18. The van der Waals surface area contributed by atoms with Crippen LogP contribution in [0, 0.1) is 5.82 Å². The number of carboxylic acids is 1. The second kappa shape index (κ2) is 7.45. The maximum absolute atomic E-state index is 13.3. The van der Waals surface area contributed by atoms with Gasteiger partial charge in [-0.2, -0.15) is 0 Å². The van der Waals surface area contributed by atoms with Gasteiger partial charge in [0.2, 0.25) is 0 Å². The van der Waals surface area contributed by atoms with E-state index in [1.54, 1.807) is 24.3 Å². The molecule has 7 heteroatoms. The zero-order valence-corrected chi connectivity index (χ0v) is 14.5. The van der Waals surface area contributed by atoms with Gasteiger partial charge < -0.3 is 15.3 Å². The number of fused-ring (bicyclic) bond motifs is 1. The average Bonchev–Trinajstić information content (AvgIpc) is 2.61. The monoisotopic (exact) mass is 354 g/mol. The molecule has 0 saturated heterocycles. The molecule has 0 aliphatic heterocycles. The van der Waals surface area contributed by atoms with Gasteiger partial charge in [-0.15, -0.1) is 0 Å². The number of hydrogen-bond acceptors (Lipinski definition) is 5. The Kier molecular flexibility index (Phi) is 5.09. The van der Waals surface area contributed by atoms with Gasteiger partial charge in [-0.1, -0.05) is 18.2 Å². The first-order valence-electron chi connectivity index (χ1n) is 8.09. The van der Waals surface area contributed by atoms with Crippen molar-refractivity contribution < 1.29 is 14.3 Å². The van der Waals surface area contributed by atoms with Crippen LogP contribution in [0.2, 0.25) is 0 Å². The number of benzene rings is 2. The Balaban J connectivity index is 2.02. The van der Waals surface area contributed by atoms with Crippen molar-refractivity contribution in [2.45, 2.75) is 6.04 Å². The highest BCUT2D eigenvalue weighted by Gasteiger charge is 2.17.